The molecule has 1 aliphatic heterocycles. The van der Waals surface area contributed by atoms with Crippen LogP contribution in [0, 0.1) is 11.8 Å². The molecule has 0 bridgehead atoms. The molecule has 7 heteroatoms. The maximum Gasteiger partial charge on any atom is 0.408 e. The Morgan fingerprint density at radius 3 is 2.32 bits per heavy atom. The van der Waals surface area contributed by atoms with Crippen molar-refractivity contribution < 1.29 is 24.2 Å². The Labute approximate surface area is 166 Å². The highest BCUT2D eigenvalue weighted by atomic mass is 16.6. The number of nitrogens with zero attached hydrogens (tertiary/aromatic N) is 1. The topological polar surface area (TPSA) is 95.9 Å². The molecule has 2 rings (SSSR count). The number of carboxylic acids is 1. The normalized spacial score (nSPS) is 24.2. The second-order valence-corrected chi connectivity index (χ2v) is 8.63. The molecule has 7 nitrogen and oxygen atoms in total. The van der Waals surface area contributed by atoms with Gasteiger partial charge in [-0.15, -0.1) is 13.2 Å². The number of hydrogen-bond donors (Lipinski definition) is 2. The lowest BCUT2D eigenvalue weighted by atomic mass is 9.92. The van der Waals surface area contributed by atoms with Crippen molar-refractivity contribution in [3.63, 3.8) is 0 Å². The van der Waals surface area contributed by atoms with Gasteiger partial charge in [-0.05, 0) is 58.8 Å². The van der Waals surface area contributed by atoms with Crippen molar-refractivity contribution in [2.45, 2.75) is 76.6 Å². The zero-order valence-corrected chi connectivity index (χ0v) is 17.0. The van der Waals surface area contributed by atoms with Gasteiger partial charge >= 0.3 is 12.1 Å². The van der Waals surface area contributed by atoms with Gasteiger partial charge in [-0.2, -0.15) is 0 Å². The van der Waals surface area contributed by atoms with E-state index in [9.17, 15) is 19.5 Å². The van der Waals surface area contributed by atoms with Crippen LogP contribution in [-0.4, -0.2) is 51.7 Å². The highest BCUT2D eigenvalue weighted by Crippen LogP contribution is 2.40. The predicted octanol–water partition coefficient (Wildman–Crippen LogP) is 3.11. The monoisotopic (exact) mass is 392 g/mol. The lowest BCUT2D eigenvalue weighted by Gasteiger charge is -2.34. The van der Waals surface area contributed by atoms with Crippen LogP contribution in [0.1, 0.15) is 52.9 Å². The minimum atomic E-state index is -1.03. The first-order valence-corrected chi connectivity index (χ1v) is 9.87. The van der Waals surface area contributed by atoms with Crippen molar-refractivity contribution in [3.05, 3.63) is 25.3 Å². The van der Waals surface area contributed by atoms with Crippen LogP contribution in [0.2, 0.25) is 0 Å². The van der Waals surface area contributed by atoms with Gasteiger partial charge < -0.3 is 20.1 Å². The van der Waals surface area contributed by atoms with Gasteiger partial charge in [-0.1, -0.05) is 12.2 Å². The van der Waals surface area contributed by atoms with Crippen LogP contribution in [0.4, 0.5) is 4.79 Å². The highest BCUT2D eigenvalue weighted by Gasteiger charge is 2.47. The lowest BCUT2D eigenvalue weighted by molar-refractivity contribution is -0.151. The summed E-state index contributed by atoms with van der Waals surface area (Å²) in [7, 11) is 0. The molecule has 2 N–H and O–H groups in total. The zero-order chi connectivity index (χ0) is 21.1. The third-order valence-electron chi connectivity index (χ3n) is 5.24. The van der Waals surface area contributed by atoms with Crippen molar-refractivity contribution in [1.82, 2.24) is 10.2 Å². The predicted molar refractivity (Wildman–Crippen MR) is 106 cm³/mol. The molecule has 28 heavy (non-hydrogen) atoms. The molecule has 2 aliphatic rings. The Bertz CT molecular complexity index is 635. The van der Waals surface area contributed by atoms with Crippen LogP contribution in [0.25, 0.3) is 0 Å². The Morgan fingerprint density at radius 2 is 1.86 bits per heavy atom. The Hall–Kier alpha value is -2.31. The number of amides is 2. The van der Waals surface area contributed by atoms with E-state index in [2.05, 4.69) is 18.5 Å². The third-order valence-corrected chi connectivity index (χ3v) is 5.24. The van der Waals surface area contributed by atoms with E-state index in [-0.39, 0.29) is 23.8 Å². The van der Waals surface area contributed by atoms with Crippen LogP contribution in [0.3, 0.4) is 0 Å². The van der Waals surface area contributed by atoms with Crippen LogP contribution in [0.5, 0.6) is 0 Å². The second-order valence-electron chi connectivity index (χ2n) is 8.63. The molecule has 1 aliphatic carbocycles. The standard InChI is InChI=1S/C21H32N2O5/c1-6-8-14-11-12-16(19(25)26)23(14)18(24)17(15(7-2)13-9-10-13)22-20(27)28-21(3,4)5/h6-7,13-17H,1-2,8-12H2,3-5H3,(H,22,27)(H,25,26)/t14-,15?,16-,17?/m0/s1. The van der Waals surface area contributed by atoms with Crippen LogP contribution in [-0.2, 0) is 14.3 Å². The first-order chi connectivity index (χ1) is 13.1. The molecule has 0 aromatic carbocycles. The molecule has 2 fully saturated rings. The van der Waals surface area contributed by atoms with E-state index in [1.165, 1.54) is 4.90 Å². The molecule has 1 saturated heterocycles. The van der Waals surface area contributed by atoms with Gasteiger partial charge in [0.15, 0.2) is 0 Å². The maximum atomic E-state index is 13.5. The Balaban J connectivity index is 2.30. The van der Waals surface area contributed by atoms with Crippen LogP contribution >= 0.6 is 0 Å². The largest absolute Gasteiger partial charge is 0.480 e. The number of likely N-dealkylation sites (tertiary alicyclic amines) is 1. The SMILES string of the molecule is C=CC[C@H]1CC[C@@H](C(=O)O)N1C(=O)C(NC(=O)OC(C)(C)C)C(C=C)C1CC1. The van der Waals surface area contributed by atoms with E-state index in [0.29, 0.717) is 19.3 Å². The van der Waals surface area contributed by atoms with Gasteiger partial charge in [0.2, 0.25) is 5.91 Å². The van der Waals surface area contributed by atoms with Crippen molar-refractivity contribution in [2.75, 3.05) is 0 Å². The minimum absolute atomic E-state index is 0.237. The van der Waals surface area contributed by atoms with Crippen molar-refractivity contribution in [3.8, 4) is 0 Å². The van der Waals surface area contributed by atoms with Crippen LogP contribution < -0.4 is 5.32 Å². The van der Waals surface area contributed by atoms with Gasteiger partial charge in [0.05, 0.1) is 0 Å². The molecule has 0 aromatic rings. The van der Waals surface area contributed by atoms with Crippen LogP contribution in [0.15, 0.2) is 25.3 Å². The van der Waals surface area contributed by atoms with E-state index in [0.717, 1.165) is 12.8 Å². The van der Waals surface area contributed by atoms with Crippen molar-refractivity contribution in [2.24, 2.45) is 11.8 Å². The van der Waals surface area contributed by atoms with E-state index in [4.69, 9.17) is 4.74 Å². The number of carboxylic acid groups (broad SMARTS) is 1. The molecule has 1 saturated carbocycles. The molecule has 2 unspecified atom stereocenters. The summed E-state index contributed by atoms with van der Waals surface area (Å²) in [6.07, 6.45) is 6.09. The smallest absolute Gasteiger partial charge is 0.408 e. The van der Waals surface area contributed by atoms with Gasteiger partial charge in [0.1, 0.15) is 17.7 Å². The summed E-state index contributed by atoms with van der Waals surface area (Å²) < 4.78 is 5.34. The number of hydrogen-bond acceptors (Lipinski definition) is 4. The molecule has 2 amide bonds. The van der Waals surface area contributed by atoms with Gasteiger partial charge in [0.25, 0.3) is 0 Å². The number of alkyl carbamates (subject to hydrolysis) is 1. The number of rotatable bonds is 8. The summed E-state index contributed by atoms with van der Waals surface area (Å²) in [6, 6.07) is -2.03. The van der Waals surface area contributed by atoms with E-state index in [1.54, 1.807) is 32.9 Å². The fraction of sp³-hybridized carbons (Fsp3) is 0.667. The molecule has 4 atom stereocenters. The average molecular weight is 392 g/mol. The van der Waals surface area contributed by atoms with Crippen molar-refractivity contribution >= 4 is 18.0 Å². The third kappa shape index (κ3) is 5.36. The van der Waals surface area contributed by atoms with Crippen molar-refractivity contribution in [1.29, 1.82) is 0 Å². The lowest BCUT2D eigenvalue weighted by Crippen LogP contribution is -2.57. The molecule has 0 spiro atoms. The van der Waals surface area contributed by atoms with Gasteiger partial charge in [-0.3, -0.25) is 4.79 Å². The molecular formula is C21H32N2O5. The zero-order valence-electron chi connectivity index (χ0n) is 17.0. The Morgan fingerprint density at radius 1 is 1.21 bits per heavy atom. The second kappa shape index (κ2) is 8.80. The number of carbonyl (C=O) groups excluding carboxylic acids is 2. The highest BCUT2D eigenvalue weighted by molar-refractivity contribution is 5.90. The minimum Gasteiger partial charge on any atom is -0.480 e. The summed E-state index contributed by atoms with van der Waals surface area (Å²) in [5.74, 6) is -1.43. The fourth-order valence-corrected chi connectivity index (χ4v) is 3.88. The van der Waals surface area contributed by atoms with Gasteiger partial charge in [-0.25, -0.2) is 9.59 Å². The number of nitrogens with one attached hydrogen (secondary N) is 1. The molecule has 0 radical (unpaired) electrons. The summed E-state index contributed by atoms with van der Waals surface area (Å²) in [5, 5.41) is 12.3. The molecule has 0 aromatic heterocycles. The number of aliphatic carboxylic acids is 1. The van der Waals surface area contributed by atoms with E-state index in [1.807, 2.05) is 0 Å². The average Bonchev–Trinajstić information content (AvgIpc) is 3.32. The molecular weight excluding hydrogens is 360 g/mol. The summed E-state index contributed by atoms with van der Waals surface area (Å²) >= 11 is 0. The first kappa shape index (κ1) is 22.0. The Kier molecular flexibility index (Phi) is 6.91. The number of carbonyl (C=O) groups is 3. The summed E-state index contributed by atoms with van der Waals surface area (Å²) in [4.78, 5) is 39.0. The summed E-state index contributed by atoms with van der Waals surface area (Å²) in [6.45, 7) is 12.8. The molecule has 1 heterocycles. The first-order valence-electron chi connectivity index (χ1n) is 9.87. The van der Waals surface area contributed by atoms with E-state index >= 15 is 0 Å². The summed E-state index contributed by atoms with van der Waals surface area (Å²) in [5.41, 5.74) is -0.705. The quantitative estimate of drug-likeness (QED) is 0.619. The van der Waals surface area contributed by atoms with E-state index < -0.39 is 29.7 Å². The molecule has 156 valence electrons. The fourth-order valence-electron chi connectivity index (χ4n) is 3.88. The number of ether oxygens (including phenoxy) is 1. The van der Waals surface area contributed by atoms with Gasteiger partial charge in [0, 0.05) is 12.0 Å². The maximum absolute atomic E-state index is 13.5.